The van der Waals surface area contributed by atoms with Crippen molar-refractivity contribution in [3.05, 3.63) is 18.2 Å². The first-order valence-corrected chi connectivity index (χ1v) is 9.22. The van der Waals surface area contributed by atoms with E-state index < -0.39 is 0 Å². The van der Waals surface area contributed by atoms with Gasteiger partial charge >= 0.3 is 0 Å². The molecule has 0 aromatic carbocycles. The molecule has 4 atom stereocenters. The van der Waals surface area contributed by atoms with Gasteiger partial charge < -0.3 is 14.6 Å². The van der Waals surface area contributed by atoms with Crippen LogP contribution in [-0.4, -0.2) is 34.8 Å². The van der Waals surface area contributed by atoms with Gasteiger partial charge in [0.1, 0.15) is 5.82 Å². The van der Waals surface area contributed by atoms with E-state index in [0.29, 0.717) is 11.5 Å². The average Bonchev–Trinajstić information content (AvgIpc) is 3.26. The number of nitrogens with zero attached hydrogens (tertiary/aromatic N) is 2. The average molecular weight is 301 g/mol. The van der Waals surface area contributed by atoms with Gasteiger partial charge in [-0.15, -0.1) is 0 Å². The molecule has 3 heterocycles. The molecule has 5 rings (SSSR count). The fourth-order valence-corrected chi connectivity index (χ4v) is 5.89. The van der Waals surface area contributed by atoms with E-state index in [2.05, 4.69) is 21.1 Å². The molecule has 1 aromatic heterocycles. The number of aromatic nitrogens is 2. The summed E-state index contributed by atoms with van der Waals surface area (Å²) in [7, 11) is 0. The zero-order valence-electron chi connectivity index (χ0n) is 13.3. The second-order valence-corrected chi connectivity index (χ2v) is 7.97. The number of nitrogens with one attached hydrogen (secondary N) is 1. The maximum Gasteiger partial charge on any atom is 0.108 e. The van der Waals surface area contributed by atoms with Gasteiger partial charge in [0.15, 0.2) is 0 Å². The summed E-state index contributed by atoms with van der Waals surface area (Å²) < 4.78 is 8.41. The van der Waals surface area contributed by atoms with Crippen molar-refractivity contribution in [3.8, 4) is 0 Å². The highest BCUT2D eigenvalue weighted by molar-refractivity contribution is 5.16. The van der Waals surface area contributed by atoms with Gasteiger partial charge in [0.25, 0.3) is 0 Å². The van der Waals surface area contributed by atoms with Crippen molar-refractivity contribution in [2.45, 2.75) is 63.6 Å². The molecule has 0 bridgehead atoms. The van der Waals surface area contributed by atoms with Gasteiger partial charge in [0.05, 0.1) is 6.10 Å². The van der Waals surface area contributed by atoms with Crippen LogP contribution < -0.4 is 5.32 Å². The van der Waals surface area contributed by atoms with Crippen LogP contribution in [0.25, 0.3) is 0 Å². The number of hydrogen-bond donors (Lipinski definition) is 1. The molecule has 4 aliphatic rings. The Kier molecular flexibility index (Phi) is 3.12. The van der Waals surface area contributed by atoms with E-state index >= 15 is 0 Å². The highest BCUT2D eigenvalue weighted by Crippen LogP contribution is 2.60. The lowest BCUT2D eigenvalue weighted by Gasteiger charge is -2.57. The Morgan fingerprint density at radius 1 is 1.32 bits per heavy atom. The zero-order chi connectivity index (χ0) is 14.6. The molecule has 4 heteroatoms. The SMILES string of the molecule is c1cn2c(n1)CC(CNC1[C@@H]3CCO[C@@H]3C13CCCC3)CC2. The highest BCUT2D eigenvalue weighted by Gasteiger charge is 2.64. The molecule has 3 fully saturated rings. The van der Waals surface area contributed by atoms with Crippen LogP contribution in [0.15, 0.2) is 12.4 Å². The van der Waals surface area contributed by atoms with Crippen LogP contribution >= 0.6 is 0 Å². The van der Waals surface area contributed by atoms with Crippen LogP contribution in [0.5, 0.6) is 0 Å². The van der Waals surface area contributed by atoms with Crippen LogP contribution in [0, 0.1) is 17.3 Å². The lowest BCUT2D eigenvalue weighted by molar-refractivity contribution is -0.131. The third kappa shape index (κ3) is 1.86. The Bertz CT molecular complexity index is 548. The van der Waals surface area contributed by atoms with Gasteiger partial charge in [-0.2, -0.15) is 0 Å². The predicted molar refractivity (Wildman–Crippen MR) is 84.6 cm³/mol. The van der Waals surface area contributed by atoms with Crippen molar-refractivity contribution < 1.29 is 4.74 Å². The first-order chi connectivity index (χ1) is 10.9. The van der Waals surface area contributed by atoms with Crippen molar-refractivity contribution in [1.82, 2.24) is 14.9 Å². The van der Waals surface area contributed by atoms with Crippen molar-refractivity contribution >= 4 is 0 Å². The summed E-state index contributed by atoms with van der Waals surface area (Å²) in [6.07, 6.45) is 14.0. The van der Waals surface area contributed by atoms with E-state index in [1.807, 2.05) is 6.20 Å². The molecule has 2 unspecified atom stereocenters. The Morgan fingerprint density at radius 3 is 3.14 bits per heavy atom. The quantitative estimate of drug-likeness (QED) is 0.931. The van der Waals surface area contributed by atoms with Gasteiger partial charge in [-0.1, -0.05) is 12.8 Å². The molecule has 2 saturated carbocycles. The van der Waals surface area contributed by atoms with Gasteiger partial charge in [0.2, 0.25) is 0 Å². The molecule has 0 amide bonds. The molecular formula is C18H27N3O. The smallest absolute Gasteiger partial charge is 0.108 e. The second kappa shape index (κ2) is 5.07. The Labute approximate surface area is 132 Å². The van der Waals surface area contributed by atoms with Gasteiger partial charge in [-0.05, 0) is 38.1 Å². The minimum atomic E-state index is 0.494. The predicted octanol–water partition coefficient (Wildman–Crippen LogP) is 2.38. The van der Waals surface area contributed by atoms with E-state index in [0.717, 1.165) is 37.5 Å². The third-order valence-corrected chi connectivity index (χ3v) is 6.96. The van der Waals surface area contributed by atoms with Gasteiger partial charge in [0, 0.05) is 49.3 Å². The fourth-order valence-electron chi connectivity index (χ4n) is 5.89. The number of hydrogen-bond acceptors (Lipinski definition) is 3. The first-order valence-electron chi connectivity index (χ1n) is 9.22. The molecular weight excluding hydrogens is 274 g/mol. The topological polar surface area (TPSA) is 39.1 Å². The number of ether oxygens (including phenoxy) is 1. The molecule has 2 aliphatic carbocycles. The van der Waals surface area contributed by atoms with Gasteiger partial charge in [-0.25, -0.2) is 4.98 Å². The monoisotopic (exact) mass is 301 g/mol. The summed E-state index contributed by atoms with van der Waals surface area (Å²) in [5.41, 5.74) is 0.494. The van der Waals surface area contributed by atoms with E-state index in [1.54, 1.807) is 0 Å². The van der Waals surface area contributed by atoms with Crippen LogP contribution in [-0.2, 0) is 17.7 Å². The molecule has 0 radical (unpaired) electrons. The summed E-state index contributed by atoms with van der Waals surface area (Å²) in [5.74, 6) is 2.84. The van der Waals surface area contributed by atoms with Crippen LogP contribution in [0.1, 0.15) is 44.3 Å². The number of aryl methyl sites for hydroxylation is 1. The van der Waals surface area contributed by atoms with Crippen molar-refractivity contribution in [2.24, 2.45) is 17.3 Å². The summed E-state index contributed by atoms with van der Waals surface area (Å²) >= 11 is 0. The molecule has 1 spiro atoms. The van der Waals surface area contributed by atoms with Crippen molar-refractivity contribution in [2.75, 3.05) is 13.2 Å². The summed E-state index contributed by atoms with van der Waals surface area (Å²) in [4.78, 5) is 4.51. The standard InChI is InChI=1S/C18H27N3O/c1-2-6-18(5-1)16(14-4-10-22-17(14)18)20-12-13-3-8-21-9-7-19-15(21)11-13/h7,9,13-14,16-17,20H,1-6,8,10-12H2/t13?,14-,16?,17-/m0/s1. The zero-order valence-corrected chi connectivity index (χ0v) is 13.3. The van der Waals surface area contributed by atoms with E-state index in [-0.39, 0.29) is 0 Å². The largest absolute Gasteiger partial charge is 0.377 e. The minimum Gasteiger partial charge on any atom is -0.377 e. The maximum atomic E-state index is 6.09. The molecule has 22 heavy (non-hydrogen) atoms. The number of rotatable bonds is 3. The second-order valence-electron chi connectivity index (χ2n) is 7.97. The van der Waals surface area contributed by atoms with Crippen molar-refractivity contribution in [3.63, 3.8) is 0 Å². The van der Waals surface area contributed by atoms with Crippen LogP contribution in [0.4, 0.5) is 0 Å². The minimum absolute atomic E-state index is 0.494. The Balaban J connectivity index is 1.25. The van der Waals surface area contributed by atoms with Crippen molar-refractivity contribution in [1.29, 1.82) is 0 Å². The Morgan fingerprint density at radius 2 is 2.23 bits per heavy atom. The number of fused-ring (bicyclic) bond motifs is 3. The number of imidazole rings is 1. The van der Waals surface area contributed by atoms with E-state index in [9.17, 15) is 0 Å². The van der Waals surface area contributed by atoms with Gasteiger partial charge in [-0.3, -0.25) is 0 Å². The summed E-state index contributed by atoms with van der Waals surface area (Å²) in [5, 5.41) is 4.00. The molecule has 1 saturated heterocycles. The molecule has 1 N–H and O–H groups in total. The summed E-state index contributed by atoms with van der Waals surface area (Å²) in [6, 6.07) is 0.726. The summed E-state index contributed by atoms with van der Waals surface area (Å²) in [6.45, 7) is 3.31. The van der Waals surface area contributed by atoms with E-state index in [1.165, 1.54) is 50.9 Å². The van der Waals surface area contributed by atoms with Crippen LogP contribution in [0.3, 0.4) is 0 Å². The van der Waals surface area contributed by atoms with E-state index in [4.69, 9.17) is 4.74 Å². The van der Waals surface area contributed by atoms with Crippen LogP contribution in [0.2, 0.25) is 0 Å². The first kappa shape index (κ1) is 13.6. The Hall–Kier alpha value is -0.870. The molecule has 2 aliphatic heterocycles. The normalized spacial score (nSPS) is 38.7. The molecule has 120 valence electrons. The lowest BCUT2D eigenvalue weighted by Crippen LogP contribution is -2.67. The third-order valence-electron chi connectivity index (χ3n) is 6.96. The molecule has 4 nitrogen and oxygen atoms in total. The maximum absolute atomic E-state index is 6.09. The fraction of sp³-hybridized carbons (Fsp3) is 0.833. The lowest BCUT2D eigenvalue weighted by atomic mass is 9.54. The highest BCUT2D eigenvalue weighted by atomic mass is 16.5. The molecule has 1 aromatic rings.